The second-order valence-electron chi connectivity index (χ2n) is 3.70. The van der Waals surface area contributed by atoms with Gasteiger partial charge in [0.25, 0.3) is 0 Å². The minimum absolute atomic E-state index is 0.281. The first-order valence-corrected chi connectivity index (χ1v) is 4.72. The summed E-state index contributed by atoms with van der Waals surface area (Å²) in [6, 6.07) is 10.3. The zero-order valence-electron chi connectivity index (χ0n) is 8.29. The van der Waals surface area contributed by atoms with Gasteiger partial charge in [-0.1, -0.05) is 37.3 Å². The fourth-order valence-electron chi connectivity index (χ4n) is 1.58. The summed E-state index contributed by atoms with van der Waals surface area (Å²) in [7, 11) is 0. The Morgan fingerprint density at radius 1 is 1.31 bits per heavy atom. The molecule has 0 spiro atoms. The van der Waals surface area contributed by atoms with Crippen LogP contribution in [0.4, 0.5) is 0 Å². The van der Waals surface area contributed by atoms with Crippen molar-refractivity contribution >= 4 is 5.78 Å². The van der Waals surface area contributed by atoms with Crippen molar-refractivity contribution in [1.29, 1.82) is 0 Å². The van der Waals surface area contributed by atoms with Gasteiger partial charge in [-0.2, -0.15) is 0 Å². The zero-order chi connectivity index (χ0) is 9.68. The van der Waals surface area contributed by atoms with Gasteiger partial charge in [-0.15, -0.1) is 0 Å². The first-order valence-electron chi connectivity index (χ1n) is 4.72. The Balaban J connectivity index is 2.45. The zero-order valence-corrected chi connectivity index (χ0v) is 8.29. The number of Topliss-reactive ketones (excluding diaryl/α,β-unsaturated/α-hetero) is 1. The third-order valence-electron chi connectivity index (χ3n) is 2.06. The van der Waals surface area contributed by atoms with E-state index in [1.165, 1.54) is 5.56 Å². The van der Waals surface area contributed by atoms with Crippen molar-refractivity contribution < 1.29 is 4.79 Å². The molecule has 0 saturated heterocycles. The third-order valence-corrected chi connectivity index (χ3v) is 2.06. The lowest BCUT2D eigenvalue weighted by Crippen LogP contribution is -2.04. The highest BCUT2D eigenvalue weighted by Crippen LogP contribution is 2.11. The molecule has 1 aromatic carbocycles. The molecule has 0 aromatic heterocycles. The Morgan fingerprint density at radius 2 is 1.92 bits per heavy atom. The van der Waals surface area contributed by atoms with Gasteiger partial charge in [0.15, 0.2) is 0 Å². The molecule has 0 radical (unpaired) electrons. The van der Waals surface area contributed by atoms with E-state index in [9.17, 15) is 4.79 Å². The molecular weight excluding hydrogens is 160 g/mol. The quantitative estimate of drug-likeness (QED) is 0.689. The molecule has 13 heavy (non-hydrogen) atoms. The molecule has 1 atom stereocenters. The van der Waals surface area contributed by atoms with E-state index in [0.717, 1.165) is 6.42 Å². The van der Waals surface area contributed by atoms with Crippen LogP contribution in [0.5, 0.6) is 0 Å². The average Bonchev–Trinajstić information content (AvgIpc) is 2.04. The van der Waals surface area contributed by atoms with Crippen LogP contribution < -0.4 is 0 Å². The molecule has 1 nitrogen and oxygen atoms in total. The monoisotopic (exact) mass is 176 g/mol. The molecule has 0 fully saturated rings. The number of hydrogen-bond acceptors (Lipinski definition) is 1. The van der Waals surface area contributed by atoms with Crippen molar-refractivity contribution in [2.24, 2.45) is 5.92 Å². The Labute approximate surface area is 79.8 Å². The molecule has 0 aliphatic carbocycles. The van der Waals surface area contributed by atoms with Gasteiger partial charge in [0, 0.05) is 6.42 Å². The minimum atomic E-state index is 0.281. The topological polar surface area (TPSA) is 17.1 Å². The average molecular weight is 176 g/mol. The lowest BCUT2D eigenvalue weighted by molar-refractivity contribution is -0.117. The molecule has 0 heterocycles. The van der Waals surface area contributed by atoms with Crippen LogP contribution in [0.2, 0.25) is 0 Å². The van der Waals surface area contributed by atoms with Crippen LogP contribution in [0.1, 0.15) is 25.8 Å². The highest BCUT2D eigenvalue weighted by molar-refractivity contribution is 5.75. The van der Waals surface area contributed by atoms with Crippen molar-refractivity contribution in [3.05, 3.63) is 35.9 Å². The molecule has 0 unspecified atom stereocenters. The van der Waals surface area contributed by atoms with Crippen LogP contribution in [0.15, 0.2) is 30.3 Å². The summed E-state index contributed by atoms with van der Waals surface area (Å²) in [5, 5.41) is 0. The highest BCUT2D eigenvalue weighted by Gasteiger charge is 2.05. The third kappa shape index (κ3) is 3.88. The number of carbonyl (C=O) groups excluding carboxylic acids is 1. The molecule has 0 saturated carbocycles. The van der Waals surface area contributed by atoms with Crippen LogP contribution >= 0.6 is 0 Å². The van der Waals surface area contributed by atoms with Crippen LogP contribution in [-0.4, -0.2) is 5.78 Å². The van der Waals surface area contributed by atoms with E-state index in [1.807, 2.05) is 18.2 Å². The van der Waals surface area contributed by atoms with Crippen molar-refractivity contribution in [3.8, 4) is 0 Å². The normalized spacial score (nSPS) is 12.5. The van der Waals surface area contributed by atoms with Gasteiger partial charge in [0.1, 0.15) is 5.78 Å². The second-order valence-corrected chi connectivity index (χ2v) is 3.70. The Kier molecular flexibility index (Phi) is 3.69. The number of ketones is 1. The summed E-state index contributed by atoms with van der Waals surface area (Å²) in [5.41, 5.74) is 1.32. The van der Waals surface area contributed by atoms with Gasteiger partial charge in [-0.3, -0.25) is 0 Å². The molecule has 0 amide bonds. The molecule has 0 bridgehead atoms. The largest absolute Gasteiger partial charge is 0.300 e. The minimum Gasteiger partial charge on any atom is -0.300 e. The lowest BCUT2D eigenvalue weighted by atomic mass is 9.97. The summed E-state index contributed by atoms with van der Waals surface area (Å²) in [6.07, 6.45) is 1.69. The lowest BCUT2D eigenvalue weighted by Gasteiger charge is -2.08. The van der Waals surface area contributed by atoms with Crippen LogP contribution in [0, 0.1) is 5.92 Å². The van der Waals surface area contributed by atoms with E-state index in [2.05, 4.69) is 19.1 Å². The predicted molar refractivity (Wildman–Crippen MR) is 54.6 cm³/mol. The molecule has 1 rings (SSSR count). The van der Waals surface area contributed by atoms with Gasteiger partial charge >= 0.3 is 0 Å². The van der Waals surface area contributed by atoms with Crippen LogP contribution in [0.25, 0.3) is 0 Å². The number of hydrogen-bond donors (Lipinski definition) is 0. The molecule has 0 aliphatic heterocycles. The van der Waals surface area contributed by atoms with Crippen molar-refractivity contribution in [2.45, 2.75) is 26.7 Å². The Hall–Kier alpha value is -1.11. The summed E-state index contributed by atoms with van der Waals surface area (Å²) < 4.78 is 0. The van der Waals surface area contributed by atoms with Gasteiger partial charge in [0.05, 0.1) is 0 Å². The van der Waals surface area contributed by atoms with E-state index < -0.39 is 0 Å². The number of benzene rings is 1. The Morgan fingerprint density at radius 3 is 2.46 bits per heavy atom. The number of carbonyl (C=O) groups is 1. The van der Waals surface area contributed by atoms with Gasteiger partial charge in [0.2, 0.25) is 0 Å². The van der Waals surface area contributed by atoms with Crippen LogP contribution in [-0.2, 0) is 11.2 Å². The summed E-state index contributed by atoms with van der Waals surface area (Å²) in [5.74, 6) is 0.739. The van der Waals surface area contributed by atoms with E-state index in [4.69, 9.17) is 0 Å². The molecule has 1 heteroatoms. The molecule has 0 N–H and O–H groups in total. The standard InChI is InChI=1S/C12H16O/c1-10(8-11(2)13)9-12-6-4-3-5-7-12/h3-7,10H,8-9H2,1-2H3/t10-/m1/s1. The fourth-order valence-corrected chi connectivity index (χ4v) is 1.58. The summed E-state index contributed by atoms with van der Waals surface area (Å²) in [6.45, 7) is 3.77. The van der Waals surface area contributed by atoms with Gasteiger partial charge in [-0.25, -0.2) is 0 Å². The maximum Gasteiger partial charge on any atom is 0.130 e. The predicted octanol–water partition coefficient (Wildman–Crippen LogP) is 2.84. The molecule has 1 aromatic rings. The second kappa shape index (κ2) is 4.80. The molecule has 70 valence electrons. The molecule has 0 aliphatic rings. The fraction of sp³-hybridized carbons (Fsp3) is 0.417. The Bertz CT molecular complexity index is 264. The van der Waals surface area contributed by atoms with E-state index in [-0.39, 0.29) is 5.78 Å². The number of rotatable bonds is 4. The first-order chi connectivity index (χ1) is 6.18. The first kappa shape index (κ1) is 9.97. The van der Waals surface area contributed by atoms with Crippen molar-refractivity contribution in [3.63, 3.8) is 0 Å². The van der Waals surface area contributed by atoms with Gasteiger partial charge in [-0.05, 0) is 24.8 Å². The smallest absolute Gasteiger partial charge is 0.130 e. The van der Waals surface area contributed by atoms with E-state index in [0.29, 0.717) is 12.3 Å². The van der Waals surface area contributed by atoms with Crippen LogP contribution in [0.3, 0.4) is 0 Å². The van der Waals surface area contributed by atoms with E-state index in [1.54, 1.807) is 6.92 Å². The van der Waals surface area contributed by atoms with E-state index >= 15 is 0 Å². The van der Waals surface area contributed by atoms with Crippen molar-refractivity contribution in [2.75, 3.05) is 0 Å². The summed E-state index contributed by atoms with van der Waals surface area (Å²) in [4.78, 5) is 10.8. The van der Waals surface area contributed by atoms with Gasteiger partial charge < -0.3 is 4.79 Å². The molecular formula is C12H16O. The highest BCUT2D eigenvalue weighted by atomic mass is 16.1. The van der Waals surface area contributed by atoms with Crippen molar-refractivity contribution in [1.82, 2.24) is 0 Å². The summed E-state index contributed by atoms with van der Waals surface area (Å²) >= 11 is 0. The maximum atomic E-state index is 10.8. The SMILES string of the molecule is CC(=O)C[C@@H](C)Cc1ccccc1. The maximum absolute atomic E-state index is 10.8.